The SMILES string of the molecule is COc1c(C(C)(C)C)cc(-c2nc(CCOc3ccc(CN(CCO)CCO)cc3)co2)cc1C(C)(C)C.Cl. The highest BCUT2D eigenvalue weighted by atomic mass is 35.5. The van der Waals surface area contributed by atoms with Gasteiger partial charge in [-0.2, -0.15) is 0 Å². The Kier molecular flexibility index (Phi) is 11.9. The maximum Gasteiger partial charge on any atom is 0.226 e. The van der Waals surface area contributed by atoms with Gasteiger partial charge in [-0.3, -0.25) is 4.90 Å². The number of nitrogens with zero attached hydrogens (tertiary/aromatic N) is 2. The lowest BCUT2D eigenvalue weighted by molar-refractivity contribution is 0.156. The molecule has 1 aromatic heterocycles. The summed E-state index contributed by atoms with van der Waals surface area (Å²) in [6, 6.07) is 12.2. The van der Waals surface area contributed by atoms with Crippen molar-refractivity contribution in [1.82, 2.24) is 9.88 Å². The molecule has 0 radical (unpaired) electrons. The second-order valence-corrected chi connectivity index (χ2v) is 11.7. The zero-order valence-electron chi connectivity index (χ0n) is 24.4. The van der Waals surface area contributed by atoms with E-state index in [0.29, 0.717) is 38.6 Å². The molecule has 0 aliphatic heterocycles. The predicted molar refractivity (Wildman–Crippen MR) is 158 cm³/mol. The summed E-state index contributed by atoms with van der Waals surface area (Å²) in [4.78, 5) is 6.77. The smallest absolute Gasteiger partial charge is 0.226 e. The number of halogens is 1. The summed E-state index contributed by atoms with van der Waals surface area (Å²) in [5.41, 5.74) is 4.94. The molecule has 39 heavy (non-hydrogen) atoms. The maximum absolute atomic E-state index is 9.19. The Labute approximate surface area is 239 Å². The number of oxazole rings is 1. The molecule has 0 aliphatic rings. The fraction of sp³-hybridized carbons (Fsp3) is 0.516. The van der Waals surface area contributed by atoms with Crippen LogP contribution in [0.5, 0.6) is 11.5 Å². The molecular weight excluding hydrogens is 516 g/mol. The quantitative estimate of drug-likeness (QED) is 0.290. The third-order valence-corrected chi connectivity index (χ3v) is 6.50. The molecule has 0 atom stereocenters. The molecule has 3 rings (SSSR count). The Bertz CT molecular complexity index is 1120. The van der Waals surface area contributed by atoms with Crippen LogP contribution in [-0.2, 0) is 23.8 Å². The van der Waals surface area contributed by atoms with Crippen LogP contribution in [-0.4, -0.2) is 60.1 Å². The van der Waals surface area contributed by atoms with Crippen molar-refractivity contribution >= 4 is 12.4 Å². The highest BCUT2D eigenvalue weighted by Crippen LogP contribution is 2.42. The van der Waals surface area contributed by atoms with E-state index in [1.807, 2.05) is 29.2 Å². The van der Waals surface area contributed by atoms with Crippen LogP contribution in [0.15, 0.2) is 47.1 Å². The van der Waals surface area contributed by atoms with Gasteiger partial charge in [-0.05, 0) is 40.7 Å². The van der Waals surface area contributed by atoms with Crippen LogP contribution in [0.1, 0.15) is 63.9 Å². The summed E-state index contributed by atoms with van der Waals surface area (Å²) in [5.74, 6) is 2.31. The normalized spacial score (nSPS) is 11.9. The van der Waals surface area contributed by atoms with Gasteiger partial charge in [-0.15, -0.1) is 12.4 Å². The maximum atomic E-state index is 9.19. The number of hydrogen-bond acceptors (Lipinski definition) is 7. The van der Waals surface area contributed by atoms with E-state index in [4.69, 9.17) is 18.9 Å². The molecule has 0 spiro atoms. The Hall–Kier alpha value is -2.58. The molecule has 3 aromatic rings. The number of aromatic nitrogens is 1. The zero-order valence-corrected chi connectivity index (χ0v) is 25.2. The largest absolute Gasteiger partial charge is 0.496 e. The van der Waals surface area contributed by atoms with Gasteiger partial charge in [-0.25, -0.2) is 4.98 Å². The summed E-state index contributed by atoms with van der Waals surface area (Å²) >= 11 is 0. The van der Waals surface area contributed by atoms with Gasteiger partial charge in [0.25, 0.3) is 0 Å². The third kappa shape index (κ3) is 8.97. The van der Waals surface area contributed by atoms with Crippen LogP contribution in [0.4, 0.5) is 0 Å². The van der Waals surface area contributed by atoms with Gasteiger partial charge in [0.15, 0.2) is 0 Å². The molecule has 0 amide bonds. The molecule has 7 nitrogen and oxygen atoms in total. The van der Waals surface area contributed by atoms with Gasteiger partial charge in [0.05, 0.1) is 32.6 Å². The number of aliphatic hydroxyl groups excluding tert-OH is 2. The van der Waals surface area contributed by atoms with Crippen molar-refractivity contribution in [2.24, 2.45) is 0 Å². The van der Waals surface area contributed by atoms with Crippen LogP contribution < -0.4 is 9.47 Å². The molecule has 8 heteroatoms. The van der Waals surface area contributed by atoms with Crippen LogP contribution in [0.25, 0.3) is 11.5 Å². The molecule has 2 aromatic carbocycles. The summed E-state index contributed by atoms with van der Waals surface area (Å²) < 4.78 is 17.7. The standard InChI is InChI=1S/C31H44N2O5.ClH/c1-30(2,3)26-18-23(19-27(28(26)36-7)31(4,5)6)29-32-24(21-38-29)12-17-37-25-10-8-22(9-11-25)20-33(13-15-34)14-16-35;/h8-11,18-19,21,34-35H,12-17,20H2,1-7H3;1H. The van der Waals surface area contributed by atoms with Gasteiger partial charge < -0.3 is 24.1 Å². The zero-order chi connectivity index (χ0) is 27.9. The molecule has 216 valence electrons. The molecule has 0 aliphatic carbocycles. The van der Waals surface area contributed by atoms with Crippen molar-refractivity contribution in [1.29, 1.82) is 0 Å². The van der Waals surface area contributed by atoms with E-state index in [1.165, 1.54) is 0 Å². The van der Waals surface area contributed by atoms with E-state index < -0.39 is 0 Å². The van der Waals surface area contributed by atoms with Crippen LogP contribution in [0, 0.1) is 0 Å². The highest BCUT2D eigenvalue weighted by Gasteiger charge is 2.28. The van der Waals surface area contributed by atoms with E-state index in [2.05, 4.69) is 53.7 Å². The van der Waals surface area contributed by atoms with Crippen molar-refractivity contribution in [2.75, 3.05) is 40.0 Å². The van der Waals surface area contributed by atoms with Crippen molar-refractivity contribution in [3.8, 4) is 23.0 Å². The number of aliphatic hydroxyl groups is 2. The second-order valence-electron chi connectivity index (χ2n) is 11.7. The lowest BCUT2D eigenvalue weighted by atomic mass is 9.78. The minimum absolute atomic E-state index is 0. The van der Waals surface area contributed by atoms with Crippen molar-refractivity contribution in [3.05, 3.63) is 65.0 Å². The molecular formula is C31H45ClN2O5. The first kappa shape index (κ1) is 32.6. The monoisotopic (exact) mass is 560 g/mol. The van der Waals surface area contributed by atoms with Crippen LogP contribution in [0.3, 0.4) is 0 Å². The van der Waals surface area contributed by atoms with Crippen LogP contribution in [0.2, 0.25) is 0 Å². The fourth-order valence-corrected chi connectivity index (χ4v) is 4.42. The molecule has 0 bridgehead atoms. The predicted octanol–water partition coefficient (Wildman–Crippen LogP) is 5.78. The van der Waals surface area contributed by atoms with Crippen LogP contribution >= 0.6 is 12.4 Å². The fourth-order valence-electron chi connectivity index (χ4n) is 4.42. The first-order valence-corrected chi connectivity index (χ1v) is 13.3. The van der Waals surface area contributed by atoms with Gasteiger partial charge >= 0.3 is 0 Å². The first-order valence-electron chi connectivity index (χ1n) is 13.3. The van der Waals surface area contributed by atoms with E-state index >= 15 is 0 Å². The molecule has 2 N–H and O–H groups in total. The lowest BCUT2D eigenvalue weighted by Gasteiger charge is -2.29. The summed E-state index contributed by atoms with van der Waals surface area (Å²) in [6.45, 7) is 15.5. The van der Waals surface area contributed by atoms with Gasteiger partial charge in [0.2, 0.25) is 5.89 Å². The molecule has 0 unspecified atom stereocenters. The average Bonchev–Trinajstić information content (AvgIpc) is 3.32. The third-order valence-electron chi connectivity index (χ3n) is 6.50. The van der Waals surface area contributed by atoms with Gasteiger partial charge in [0, 0.05) is 42.7 Å². The Morgan fingerprint density at radius 3 is 1.95 bits per heavy atom. The number of rotatable bonds is 12. The van der Waals surface area contributed by atoms with E-state index in [9.17, 15) is 10.2 Å². The van der Waals surface area contributed by atoms with Crippen molar-refractivity contribution in [3.63, 3.8) is 0 Å². The van der Waals surface area contributed by atoms with Crippen molar-refractivity contribution in [2.45, 2.75) is 65.3 Å². The lowest BCUT2D eigenvalue weighted by Crippen LogP contribution is -2.29. The average molecular weight is 561 g/mol. The minimum Gasteiger partial charge on any atom is -0.496 e. The van der Waals surface area contributed by atoms with E-state index in [0.717, 1.165) is 39.4 Å². The topological polar surface area (TPSA) is 88.2 Å². The second kappa shape index (κ2) is 14.2. The number of hydrogen-bond donors (Lipinski definition) is 2. The summed E-state index contributed by atoms with van der Waals surface area (Å²) in [7, 11) is 1.74. The highest BCUT2D eigenvalue weighted by molar-refractivity contribution is 5.85. The van der Waals surface area contributed by atoms with Gasteiger partial charge in [0.1, 0.15) is 17.8 Å². The Morgan fingerprint density at radius 1 is 0.897 bits per heavy atom. The van der Waals surface area contributed by atoms with Crippen molar-refractivity contribution < 1.29 is 24.1 Å². The molecule has 0 saturated carbocycles. The van der Waals surface area contributed by atoms with E-state index in [1.54, 1.807) is 13.4 Å². The number of benzene rings is 2. The first-order chi connectivity index (χ1) is 18.0. The molecule has 1 heterocycles. The molecule has 0 saturated heterocycles. The molecule has 0 fully saturated rings. The van der Waals surface area contributed by atoms with E-state index in [-0.39, 0.29) is 36.5 Å². The summed E-state index contributed by atoms with van der Waals surface area (Å²) in [5, 5.41) is 18.4. The Balaban J connectivity index is 0.00000533. The number of methoxy groups -OCH3 is 1. The summed E-state index contributed by atoms with van der Waals surface area (Å²) in [6.07, 6.45) is 2.33. The number of ether oxygens (including phenoxy) is 2. The van der Waals surface area contributed by atoms with Gasteiger partial charge in [-0.1, -0.05) is 53.7 Å². The Morgan fingerprint density at radius 2 is 1.46 bits per heavy atom. The minimum atomic E-state index is -0.101.